The topological polar surface area (TPSA) is 63.6 Å². The fourth-order valence-electron chi connectivity index (χ4n) is 1.05. The molecule has 0 saturated carbocycles. The molecule has 0 amide bonds. The monoisotopic (exact) mass is 174 g/mol. The highest BCUT2D eigenvalue weighted by atomic mass is 16.1. The van der Waals surface area contributed by atoms with Crippen LogP contribution in [0, 0.1) is 12.3 Å². The molecule has 0 bridgehead atoms. The molecule has 2 rings (SSSR count). The standard InChI is InChI=1S/C8H6N4O/c1-3-5-4-9-6-7(10-5)12(2)8(13)11-6/h1,4H,2H3,(H,9,11,13). The molecule has 0 fully saturated rings. The first-order valence-corrected chi connectivity index (χ1v) is 3.60. The molecule has 5 heteroatoms. The quantitative estimate of drug-likeness (QED) is 0.554. The van der Waals surface area contributed by atoms with Crippen LogP contribution in [0.15, 0.2) is 11.0 Å². The molecule has 2 heterocycles. The summed E-state index contributed by atoms with van der Waals surface area (Å²) >= 11 is 0. The predicted octanol–water partition coefficient (Wildman–Crippen LogP) is -0.362. The maximum Gasteiger partial charge on any atom is 0.328 e. The molecular weight excluding hydrogens is 168 g/mol. The molecule has 0 atom stereocenters. The third-order valence-electron chi connectivity index (χ3n) is 1.75. The van der Waals surface area contributed by atoms with E-state index in [0.29, 0.717) is 17.0 Å². The molecule has 1 N–H and O–H groups in total. The van der Waals surface area contributed by atoms with Crippen LogP contribution in [-0.2, 0) is 7.05 Å². The number of aromatic nitrogens is 4. The third kappa shape index (κ3) is 0.999. The molecular formula is C8H6N4O. The minimum Gasteiger partial charge on any atom is -0.289 e. The number of nitrogens with one attached hydrogen (secondary N) is 1. The molecule has 0 spiro atoms. The minimum atomic E-state index is -0.246. The van der Waals surface area contributed by atoms with Crippen molar-refractivity contribution in [3.05, 3.63) is 22.4 Å². The largest absolute Gasteiger partial charge is 0.328 e. The van der Waals surface area contributed by atoms with Crippen molar-refractivity contribution in [1.82, 2.24) is 19.5 Å². The maximum atomic E-state index is 11.1. The summed E-state index contributed by atoms with van der Waals surface area (Å²) in [6, 6.07) is 0. The molecule has 0 aliphatic carbocycles. The fourth-order valence-corrected chi connectivity index (χ4v) is 1.05. The maximum absolute atomic E-state index is 11.1. The van der Waals surface area contributed by atoms with Gasteiger partial charge in [0.2, 0.25) is 0 Å². The second-order valence-corrected chi connectivity index (χ2v) is 2.56. The number of rotatable bonds is 0. The van der Waals surface area contributed by atoms with Gasteiger partial charge < -0.3 is 0 Å². The summed E-state index contributed by atoms with van der Waals surface area (Å²) in [5.41, 5.74) is 1.10. The average molecular weight is 174 g/mol. The van der Waals surface area contributed by atoms with Crippen molar-refractivity contribution in [3.63, 3.8) is 0 Å². The molecule has 0 radical (unpaired) electrons. The summed E-state index contributed by atoms with van der Waals surface area (Å²) in [6.07, 6.45) is 6.59. The van der Waals surface area contributed by atoms with E-state index in [1.165, 1.54) is 10.8 Å². The van der Waals surface area contributed by atoms with Gasteiger partial charge in [-0.2, -0.15) is 0 Å². The van der Waals surface area contributed by atoms with Crippen molar-refractivity contribution < 1.29 is 0 Å². The van der Waals surface area contributed by atoms with E-state index in [9.17, 15) is 4.79 Å². The lowest BCUT2D eigenvalue weighted by Crippen LogP contribution is -2.12. The van der Waals surface area contributed by atoms with Crippen molar-refractivity contribution in [1.29, 1.82) is 0 Å². The van der Waals surface area contributed by atoms with Crippen molar-refractivity contribution in [3.8, 4) is 12.3 Å². The normalized spacial score (nSPS) is 10.2. The Morgan fingerprint density at radius 3 is 3.15 bits per heavy atom. The number of H-pyrrole nitrogens is 1. The van der Waals surface area contributed by atoms with E-state index in [-0.39, 0.29) is 5.69 Å². The van der Waals surface area contributed by atoms with Gasteiger partial charge in [-0.3, -0.25) is 9.55 Å². The number of terminal acetylenes is 1. The molecule has 2 aromatic heterocycles. The lowest BCUT2D eigenvalue weighted by molar-refractivity contribution is 0.878. The smallest absolute Gasteiger partial charge is 0.289 e. The highest BCUT2D eigenvalue weighted by molar-refractivity contribution is 5.65. The molecule has 0 unspecified atom stereocenters. The van der Waals surface area contributed by atoms with Crippen molar-refractivity contribution in [2.45, 2.75) is 0 Å². The van der Waals surface area contributed by atoms with Gasteiger partial charge in [-0.05, 0) is 5.92 Å². The predicted molar refractivity (Wildman–Crippen MR) is 47.1 cm³/mol. The van der Waals surface area contributed by atoms with Crippen LogP contribution in [0.5, 0.6) is 0 Å². The highest BCUT2D eigenvalue weighted by Gasteiger charge is 2.05. The van der Waals surface area contributed by atoms with E-state index in [1.54, 1.807) is 7.05 Å². The first-order valence-electron chi connectivity index (χ1n) is 3.60. The highest BCUT2D eigenvalue weighted by Crippen LogP contribution is 2.02. The van der Waals surface area contributed by atoms with Crippen LogP contribution in [0.2, 0.25) is 0 Å². The Hall–Kier alpha value is -2.09. The second kappa shape index (κ2) is 2.45. The molecule has 2 aromatic rings. The molecule has 0 saturated heterocycles. The fraction of sp³-hybridized carbons (Fsp3) is 0.125. The summed E-state index contributed by atoms with van der Waals surface area (Å²) < 4.78 is 1.36. The van der Waals surface area contributed by atoms with Crippen molar-refractivity contribution in [2.24, 2.45) is 7.05 Å². The van der Waals surface area contributed by atoms with Crippen LogP contribution in [0.1, 0.15) is 5.69 Å². The number of nitrogens with zero attached hydrogens (tertiary/aromatic N) is 3. The first-order chi connectivity index (χ1) is 6.22. The van der Waals surface area contributed by atoms with Crippen LogP contribution in [-0.4, -0.2) is 19.5 Å². The average Bonchev–Trinajstić information content (AvgIpc) is 2.43. The van der Waals surface area contributed by atoms with Gasteiger partial charge in [0, 0.05) is 7.05 Å². The summed E-state index contributed by atoms with van der Waals surface area (Å²) in [5, 5.41) is 0. The Bertz CT molecular complexity index is 558. The van der Waals surface area contributed by atoms with E-state index in [4.69, 9.17) is 6.42 Å². The molecule has 0 aliphatic rings. The van der Waals surface area contributed by atoms with Gasteiger partial charge in [-0.15, -0.1) is 6.42 Å². The van der Waals surface area contributed by atoms with E-state index >= 15 is 0 Å². The zero-order valence-corrected chi connectivity index (χ0v) is 6.90. The Morgan fingerprint density at radius 1 is 1.69 bits per heavy atom. The molecule has 64 valence electrons. The van der Waals surface area contributed by atoms with Crippen molar-refractivity contribution >= 4 is 11.3 Å². The van der Waals surface area contributed by atoms with Gasteiger partial charge in [0.15, 0.2) is 11.3 Å². The van der Waals surface area contributed by atoms with E-state index in [0.717, 1.165) is 0 Å². The second-order valence-electron chi connectivity index (χ2n) is 2.56. The Kier molecular flexibility index (Phi) is 1.43. The van der Waals surface area contributed by atoms with Gasteiger partial charge in [0.25, 0.3) is 0 Å². The Balaban J connectivity index is 2.92. The molecule has 0 aliphatic heterocycles. The lowest BCUT2D eigenvalue weighted by atomic mass is 10.5. The Labute approximate surface area is 73.4 Å². The van der Waals surface area contributed by atoms with Crippen LogP contribution in [0.3, 0.4) is 0 Å². The number of fused-ring (bicyclic) bond motifs is 1. The molecule has 13 heavy (non-hydrogen) atoms. The number of aryl methyl sites for hydroxylation is 1. The Morgan fingerprint density at radius 2 is 2.46 bits per heavy atom. The number of aromatic amines is 1. The SMILES string of the molecule is C#Cc1cnc2[nH]c(=O)n(C)c2n1. The van der Waals surface area contributed by atoms with Crippen LogP contribution < -0.4 is 5.69 Å². The third-order valence-corrected chi connectivity index (χ3v) is 1.75. The lowest BCUT2D eigenvalue weighted by Gasteiger charge is -1.91. The van der Waals surface area contributed by atoms with Gasteiger partial charge in [0.1, 0.15) is 5.69 Å². The van der Waals surface area contributed by atoms with Gasteiger partial charge in [-0.25, -0.2) is 14.8 Å². The summed E-state index contributed by atoms with van der Waals surface area (Å²) in [4.78, 5) is 21.7. The van der Waals surface area contributed by atoms with Crippen LogP contribution >= 0.6 is 0 Å². The molecule has 0 aromatic carbocycles. The zero-order valence-electron chi connectivity index (χ0n) is 6.90. The van der Waals surface area contributed by atoms with E-state index < -0.39 is 0 Å². The van der Waals surface area contributed by atoms with Crippen LogP contribution in [0.25, 0.3) is 11.3 Å². The van der Waals surface area contributed by atoms with Gasteiger partial charge >= 0.3 is 5.69 Å². The summed E-state index contributed by atoms with van der Waals surface area (Å²) in [7, 11) is 1.61. The number of hydrogen-bond acceptors (Lipinski definition) is 3. The first kappa shape index (κ1) is 7.55. The number of imidazole rings is 1. The minimum absolute atomic E-state index is 0.246. The number of hydrogen-bond donors (Lipinski definition) is 1. The summed E-state index contributed by atoms with van der Waals surface area (Å²) in [6.45, 7) is 0. The summed E-state index contributed by atoms with van der Waals surface area (Å²) in [5.74, 6) is 2.35. The van der Waals surface area contributed by atoms with Crippen molar-refractivity contribution in [2.75, 3.05) is 0 Å². The van der Waals surface area contributed by atoms with Gasteiger partial charge in [0.05, 0.1) is 6.20 Å². The van der Waals surface area contributed by atoms with E-state index in [1.807, 2.05) is 0 Å². The zero-order chi connectivity index (χ0) is 9.42. The van der Waals surface area contributed by atoms with E-state index in [2.05, 4.69) is 20.9 Å². The molecule has 5 nitrogen and oxygen atoms in total. The van der Waals surface area contributed by atoms with Crippen LogP contribution in [0.4, 0.5) is 0 Å². The van der Waals surface area contributed by atoms with Gasteiger partial charge in [-0.1, -0.05) is 0 Å².